The van der Waals surface area contributed by atoms with Crippen molar-refractivity contribution in [3.63, 3.8) is 0 Å². The molecule has 2 rings (SSSR count). The van der Waals surface area contributed by atoms with E-state index in [1.54, 1.807) is 0 Å². The summed E-state index contributed by atoms with van der Waals surface area (Å²) >= 11 is 6.19. The smallest absolute Gasteiger partial charge is 0.0708 e. The summed E-state index contributed by atoms with van der Waals surface area (Å²) in [5, 5.41) is 2.05. The summed E-state index contributed by atoms with van der Waals surface area (Å²) in [6.45, 7) is 4.17. The molecule has 0 aliphatic carbocycles. The maximum Gasteiger partial charge on any atom is 0.0708 e. The molecule has 0 unspecified atom stereocenters. The predicted molar refractivity (Wildman–Crippen MR) is 65.5 cm³/mol. The van der Waals surface area contributed by atoms with Crippen molar-refractivity contribution in [1.29, 1.82) is 0 Å². The largest absolute Gasteiger partial charge is 0.253 e. The Morgan fingerprint density at radius 2 is 2.00 bits per heavy atom. The first kappa shape index (κ1) is 10.4. The number of pyridine rings is 1. The molecule has 2 aromatic rings. The van der Waals surface area contributed by atoms with Gasteiger partial charge >= 0.3 is 0 Å². The molecule has 0 saturated carbocycles. The highest BCUT2D eigenvalue weighted by atomic mass is 35.5. The maximum atomic E-state index is 6.19. The molecule has 0 saturated heterocycles. The Morgan fingerprint density at radius 1 is 1.20 bits per heavy atom. The number of halogens is 1. The van der Waals surface area contributed by atoms with Crippen molar-refractivity contribution >= 4 is 22.5 Å². The number of nitrogens with zero attached hydrogens (tertiary/aromatic N) is 1. The van der Waals surface area contributed by atoms with E-state index in [1.165, 1.54) is 10.9 Å². The fourth-order valence-corrected chi connectivity index (χ4v) is 2.10. The van der Waals surface area contributed by atoms with E-state index in [0.717, 1.165) is 29.1 Å². The molecule has 0 amide bonds. The molecule has 2 heteroatoms. The number of aryl methyl sites for hydroxylation is 2. The lowest BCUT2D eigenvalue weighted by Gasteiger charge is -2.07. The lowest BCUT2D eigenvalue weighted by molar-refractivity contribution is 0.929. The van der Waals surface area contributed by atoms with E-state index in [1.807, 2.05) is 25.1 Å². The van der Waals surface area contributed by atoms with Gasteiger partial charge in [-0.3, -0.25) is 4.98 Å². The third kappa shape index (κ3) is 1.98. The first-order valence-corrected chi connectivity index (χ1v) is 5.65. The maximum absolute atomic E-state index is 6.19. The Balaban J connectivity index is 2.70. The van der Waals surface area contributed by atoms with Gasteiger partial charge in [0.15, 0.2) is 0 Å². The monoisotopic (exact) mass is 219 g/mol. The number of aromatic nitrogens is 1. The van der Waals surface area contributed by atoms with Gasteiger partial charge in [-0.15, -0.1) is 0 Å². The molecule has 78 valence electrons. The van der Waals surface area contributed by atoms with Crippen molar-refractivity contribution in [1.82, 2.24) is 4.98 Å². The van der Waals surface area contributed by atoms with Gasteiger partial charge in [-0.25, -0.2) is 0 Å². The summed E-state index contributed by atoms with van der Waals surface area (Å²) in [5.41, 5.74) is 3.32. The Labute approximate surface area is 95.1 Å². The van der Waals surface area contributed by atoms with Gasteiger partial charge in [0.25, 0.3) is 0 Å². The molecule has 0 radical (unpaired) electrons. The van der Waals surface area contributed by atoms with E-state index < -0.39 is 0 Å². The highest BCUT2D eigenvalue weighted by molar-refractivity contribution is 6.32. The van der Waals surface area contributed by atoms with Crippen LogP contribution in [0.25, 0.3) is 10.9 Å². The Morgan fingerprint density at radius 3 is 2.73 bits per heavy atom. The van der Waals surface area contributed by atoms with Crippen LogP contribution in [0.4, 0.5) is 0 Å². The van der Waals surface area contributed by atoms with Gasteiger partial charge in [0.05, 0.1) is 5.52 Å². The lowest BCUT2D eigenvalue weighted by Crippen LogP contribution is -1.91. The summed E-state index contributed by atoms with van der Waals surface area (Å²) in [4.78, 5) is 4.50. The van der Waals surface area contributed by atoms with Crippen molar-refractivity contribution in [2.24, 2.45) is 0 Å². The van der Waals surface area contributed by atoms with Crippen molar-refractivity contribution in [3.05, 3.63) is 40.5 Å². The van der Waals surface area contributed by atoms with E-state index in [2.05, 4.69) is 18.0 Å². The second-order valence-corrected chi connectivity index (χ2v) is 4.20. The van der Waals surface area contributed by atoms with Crippen molar-refractivity contribution in [2.45, 2.75) is 26.7 Å². The van der Waals surface area contributed by atoms with Crippen molar-refractivity contribution < 1.29 is 0 Å². The van der Waals surface area contributed by atoms with Gasteiger partial charge in [0.2, 0.25) is 0 Å². The number of fused-ring (bicyclic) bond motifs is 1. The van der Waals surface area contributed by atoms with Gasteiger partial charge < -0.3 is 0 Å². The molecular formula is C13H14ClN. The number of hydrogen-bond donors (Lipinski definition) is 0. The van der Waals surface area contributed by atoms with E-state index in [9.17, 15) is 0 Å². The predicted octanol–water partition coefficient (Wildman–Crippen LogP) is 4.15. The molecule has 0 aliphatic rings. The number of hydrogen-bond acceptors (Lipinski definition) is 1. The summed E-state index contributed by atoms with van der Waals surface area (Å²) in [7, 11) is 0. The van der Waals surface area contributed by atoms with Crippen LogP contribution in [-0.2, 0) is 6.42 Å². The Hall–Kier alpha value is -1.08. The van der Waals surface area contributed by atoms with Gasteiger partial charge in [-0.2, -0.15) is 0 Å². The lowest BCUT2D eigenvalue weighted by atomic mass is 10.0. The molecule has 1 nitrogen and oxygen atoms in total. The molecule has 0 N–H and O–H groups in total. The fourth-order valence-electron chi connectivity index (χ4n) is 1.84. The summed E-state index contributed by atoms with van der Waals surface area (Å²) in [5.74, 6) is 0. The van der Waals surface area contributed by atoms with Gasteiger partial charge in [-0.05, 0) is 37.1 Å². The molecule has 0 bridgehead atoms. The average molecular weight is 220 g/mol. The third-order valence-electron chi connectivity index (χ3n) is 2.56. The minimum absolute atomic E-state index is 0.856. The average Bonchev–Trinajstić information content (AvgIpc) is 2.22. The third-order valence-corrected chi connectivity index (χ3v) is 2.92. The van der Waals surface area contributed by atoms with Crippen LogP contribution >= 0.6 is 11.6 Å². The molecule has 0 atom stereocenters. The van der Waals surface area contributed by atoms with Crippen LogP contribution in [0.1, 0.15) is 24.6 Å². The number of rotatable bonds is 2. The van der Waals surface area contributed by atoms with Crippen molar-refractivity contribution in [3.8, 4) is 0 Å². The molecular weight excluding hydrogens is 206 g/mol. The van der Waals surface area contributed by atoms with Crippen LogP contribution in [0.5, 0.6) is 0 Å². The Kier molecular flexibility index (Phi) is 2.92. The summed E-state index contributed by atoms with van der Waals surface area (Å²) in [6.07, 6.45) is 2.12. The number of benzene rings is 1. The SMILES string of the molecule is CCCc1c(Cl)ccc2nc(C)ccc12. The van der Waals surface area contributed by atoms with Crippen LogP contribution in [0.3, 0.4) is 0 Å². The molecule has 0 aliphatic heterocycles. The standard InChI is InChI=1S/C13H14ClN/c1-3-4-10-11-6-5-9(2)15-13(11)8-7-12(10)14/h5-8H,3-4H2,1-2H3. The van der Waals surface area contributed by atoms with Crippen LogP contribution < -0.4 is 0 Å². The van der Waals surface area contributed by atoms with Crippen LogP contribution in [-0.4, -0.2) is 4.98 Å². The second-order valence-electron chi connectivity index (χ2n) is 3.80. The van der Waals surface area contributed by atoms with Crippen LogP contribution in [0.2, 0.25) is 5.02 Å². The van der Waals surface area contributed by atoms with E-state index in [-0.39, 0.29) is 0 Å². The zero-order valence-electron chi connectivity index (χ0n) is 9.05. The fraction of sp³-hybridized carbons (Fsp3) is 0.308. The first-order valence-electron chi connectivity index (χ1n) is 5.27. The quantitative estimate of drug-likeness (QED) is 0.740. The minimum atomic E-state index is 0.856. The second kappa shape index (κ2) is 4.19. The van der Waals surface area contributed by atoms with Gasteiger partial charge in [0, 0.05) is 16.1 Å². The van der Waals surface area contributed by atoms with E-state index in [4.69, 9.17) is 11.6 Å². The topological polar surface area (TPSA) is 12.9 Å². The first-order chi connectivity index (χ1) is 7.22. The Bertz CT molecular complexity index is 491. The summed E-state index contributed by atoms with van der Waals surface area (Å²) < 4.78 is 0. The van der Waals surface area contributed by atoms with Crippen LogP contribution in [0.15, 0.2) is 24.3 Å². The molecule has 1 aromatic heterocycles. The highest BCUT2D eigenvalue weighted by Gasteiger charge is 2.05. The highest BCUT2D eigenvalue weighted by Crippen LogP contribution is 2.26. The molecule has 0 fully saturated rings. The summed E-state index contributed by atoms with van der Waals surface area (Å²) in [6, 6.07) is 8.09. The molecule has 1 aromatic carbocycles. The molecule has 0 spiro atoms. The van der Waals surface area contributed by atoms with Gasteiger partial charge in [0.1, 0.15) is 0 Å². The zero-order valence-corrected chi connectivity index (χ0v) is 9.80. The molecule has 1 heterocycles. The van der Waals surface area contributed by atoms with Crippen molar-refractivity contribution in [2.75, 3.05) is 0 Å². The van der Waals surface area contributed by atoms with E-state index >= 15 is 0 Å². The van der Waals surface area contributed by atoms with E-state index in [0.29, 0.717) is 0 Å². The molecule has 15 heavy (non-hydrogen) atoms. The zero-order chi connectivity index (χ0) is 10.8. The normalized spacial score (nSPS) is 10.9. The van der Waals surface area contributed by atoms with Crippen LogP contribution in [0, 0.1) is 6.92 Å². The minimum Gasteiger partial charge on any atom is -0.253 e. The van der Waals surface area contributed by atoms with Gasteiger partial charge in [-0.1, -0.05) is 31.0 Å².